The van der Waals surface area contributed by atoms with Crippen LogP contribution in [0.1, 0.15) is 13.3 Å². The number of amides is 1. The average molecular weight is 229 g/mol. The summed E-state index contributed by atoms with van der Waals surface area (Å²) in [4.78, 5) is 11.5. The first-order valence-electron chi connectivity index (χ1n) is 4.52. The van der Waals surface area contributed by atoms with E-state index in [1.807, 2.05) is 6.92 Å². The maximum atomic E-state index is 13.4. The molecular formula is C10H9F2NOS. The highest BCUT2D eigenvalue weighted by Gasteiger charge is 2.23. The van der Waals surface area contributed by atoms with Crippen LogP contribution in [0.2, 0.25) is 0 Å². The monoisotopic (exact) mass is 229 g/mol. The number of carbonyl (C=O) groups excluding carboxylic acids is 1. The SMILES string of the molecule is CC1CC(=O)Nc2ccc(F)c(F)c2S1. The van der Waals surface area contributed by atoms with Gasteiger partial charge in [0.15, 0.2) is 11.6 Å². The second-order valence-corrected chi connectivity index (χ2v) is 4.87. The minimum Gasteiger partial charge on any atom is -0.325 e. The molecule has 0 aliphatic carbocycles. The molecule has 0 saturated heterocycles. The van der Waals surface area contributed by atoms with Crippen molar-refractivity contribution in [3.05, 3.63) is 23.8 Å². The number of nitrogens with one attached hydrogen (secondary N) is 1. The maximum Gasteiger partial charge on any atom is 0.225 e. The van der Waals surface area contributed by atoms with Crippen LogP contribution in [0.3, 0.4) is 0 Å². The fourth-order valence-electron chi connectivity index (χ4n) is 1.45. The summed E-state index contributed by atoms with van der Waals surface area (Å²) >= 11 is 1.18. The van der Waals surface area contributed by atoms with Crippen molar-refractivity contribution in [3.8, 4) is 0 Å². The zero-order valence-corrected chi connectivity index (χ0v) is 8.83. The van der Waals surface area contributed by atoms with Crippen molar-refractivity contribution in [1.82, 2.24) is 0 Å². The van der Waals surface area contributed by atoms with Crippen LogP contribution in [-0.4, -0.2) is 11.2 Å². The molecule has 0 spiro atoms. The van der Waals surface area contributed by atoms with E-state index in [0.717, 1.165) is 6.07 Å². The molecule has 1 atom stereocenters. The molecule has 1 aromatic carbocycles. The Labute approximate surface area is 90.1 Å². The lowest BCUT2D eigenvalue weighted by Gasteiger charge is -2.08. The van der Waals surface area contributed by atoms with Crippen LogP contribution in [0.5, 0.6) is 0 Å². The van der Waals surface area contributed by atoms with Crippen molar-refractivity contribution >= 4 is 23.4 Å². The van der Waals surface area contributed by atoms with E-state index in [-0.39, 0.29) is 16.1 Å². The van der Waals surface area contributed by atoms with Gasteiger partial charge >= 0.3 is 0 Å². The van der Waals surface area contributed by atoms with Crippen LogP contribution in [-0.2, 0) is 4.79 Å². The summed E-state index contributed by atoms with van der Waals surface area (Å²) in [5, 5.41) is 2.50. The Hall–Kier alpha value is -1.10. The summed E-state index contributed by atoms with van der Waals surface area (Å²) in [5.41, 5.74) is 0.355. The van der Waals surface area contributed by atoms with Gasteiger partial charge in [0.25, 0.3) is 0 Å². The Morgan fingerprint density at radius 2 is 2.20 bits per heavy atom. The van der Waals surface area contributed by atoms with Crippen molar-refractivity contribution in [3.63, 3.8) is 0 Å². The minimum atomic E-state index is -0.885. The number of thioether (sulfide) groups is 1. The predicted octanol–water partition coefficient (Wildman–Crippen LogP) is 2.79. The van der Waals surface area contributed by atoms with E-state index in [9.17, 15) is 13.6 Å². The third-order valence-electron chi connectivity index (χ3n) is 2.12. The summed E-state index contributed by atoms with van der Waals surface area (Å²) in [7, 11) is 0. The van der Waals surface area contributed by atoms with E-state index in [0.29, 0.717) is 12.1 Å². The average Bonchev–Trinajstić information content (AvgIpc) is 2.30. The molecule has 1 heterocycles. The van der Waals surface area contributed by atoms with Crippen LogP contribution < -0.4 is 5.32 Å². The van der Waals surface area contributed by atoms with E-state index in [4.69, 9.17) is 0 Å². The lowest BCUT2D eigenvalue weighted by molar-refractivity contribution is -0.116. The molecule has 0 bridgehead atoms. The van der Waals surface area contributed by atoms with Gasteiger partial charge in [0.1, 0.15) is 0 Å². The van der Waals surface area contributed by atoms with E-state index in [1.165, 1.54) is 17.8 Å². The third-order valence-corrected chi connectivity index (χ3v) is 3.32. The Morgan fingerprint density at radius 3 is 2.93 bits per heavy atom. The molecule has 1 N–H and O–H groups in total. The summed E-state index contributed by atoms with van der Waals surface area (Å²) < 4.78 is 26.4. The van der Waals surface area contributed by atoms with Gasteiger partial charge in [-0.1, -0.05) is 6.92 Å². The molecule has 5 heteroatoms. The van der Waals surface area contributed by atoms with Crippen molar-refractivity contribution in [2.24, 2.45) is 0 Å². The molecule has 15 heavy (non-hydrogen) atoms. The van der Waals surface area contributed by atoms with E-state index in [1.54, 1.807) is 0 Å². The standard InChI is InChI=1S/C10H9F2NOS/c1-5-4-8(14)13-7-3-2-6(11)9(12)10(7)15-5/h2-3,5H,4H2,1H3,(H,13,14). The van der Waals surface area contributed by atoms with Crippen LogP contribution in [0.4, 0.5) is 14.5 Å². The van der Waals surface area contributed by atoms with E-state index in [2.05, 4.69) is 5.32 Å². The molecule has 1 aromatic rings. The zero-order chi connectivity index (χ0) is 11.0. The van der Waals surface area contributed by atoms with Gasteiger partial charge in [-0.3, -0.25) is 4.79 Å². The highest BCUT2D eigenvalue weighted by Crippen LogP contribution is 2.37. The number of benzene rings is 1. The second-order valence-electron chi connectivity index (χ2n) is 3.42. The minimum absolute atomic E-state index is 0.0532. The lowest BCUT2D eigenvalue weighted by Crippen LogP contribution is -2.13. The van der Waals surface area contributed by atoms with Crippen LogP contribution in [0, 0.1) is 11.6 Å². The number of hydrogen-bond acceptors (Lipinski definition) is 2. The van der Waals surface area contributed by atoms with Crippen LogP contribution >= 0.6 is 11.8 Å². The number of anilines is 1. The van der Waals surface area contributed by atoms with Crippen molar-refractivity contribution in [1.29, 1.82) is 0 Å². The largest absolute Gasteiger partial charge is 0.325 e. The molecule has 2 nitrogen and oxygen atoms in total. The van der Waals surface area contributed by atoms with Crippen molar-refractivity contribution < 1.29 is 13.6 Å². The van der Waals surface area contributed by atoms with Gasteiger partial charge in [-0.05, 0) is 12.1 Å². The van der Waals surface area contributed by atoms with Crippen LogP contribution in [0.15, 0.2) is 17.0 Å². The molecule has 0 aromatic heterocycles. The van der Waals surface area contributed by atoms with Gasteiger partial charge in [0.2, 0.25) is 5.91 Å². The number of hydrogen-bond donors (Lipinski definition) is 1. The summed E-state index contributed by atoms with van der Waals surface area (Å²) in [6.07, 6.45) is 0.306. The number of halogens is 2. The van der Waals surface area contributed by atoms with Gasteiger partial charge in [-0.2, -0.15) is 0 Å². The highest BCUT2D eigenvalue weighted by molar-refractivity contribution is 8.00. The second kappa shape index (κ2) is 3.81. The molecule has 80 valence electrons. The van der Waals surface area contributed by atoms with Gasteiger partial charge in [0.05, 0.1) is 10.6 Å². The molecule has 0 saturated carbocycles. The maximum absolute atomic E-state index is 13.4. The quantitative estimate of drug-likeness (QED) is 0.741. The summed E-state index contributed by atoms with van der Waals surface area (Å²) in [6, 6.07) is 2.40. The molecule has 0 radical (unpaired) electrons. The molecule has 1 unspecified atom stereocenters. The normalized spacial score (nSPS) is 20.5. The molecule has 1 aliphatic heterocycles. The number of fused-ring (bicyclic) bond motifs is 1. The topological polar surface area (TPSA) is 29.1 Å². The fourth-order valence-corrected chi connectivity index (χ4v) is 2.53. The fraction of sp³-hybridized carbons (Fsp3) is 0.300. The Morgan fingerprint density at radius 1 is 1.47 bits per heavy atom. The van der Waals surface area contributed by atoms with Crippen LogP contribution in [0.25, 0.3) is 0 Å². The zero-order valence-electron chi connectivity index (χ0n) is 8.01. The first-order valence-corrected chi connectivity index (χ1v) is 5.40. The predicted molar refractivity (Wildman–Crippen MR) is 54.9 cm³/mol. The molecular weight excluding hydrogens is 220 g/mol. The van der Waals surface area contributed by atoms with E-state index < -0.39 is 11.6 Å². The number of rotatable bonds is 0. The first kappa shape index (κ1) is 10.4. The van der Waals surface area contributed by atoms with E-state index >= 15 is 0 Å². The smallest absolute Gasteiger partial charge is 0.225 e. The Kier molecular flexibility index (Phi) is 2.65. The first-order chi connectivity index (χ1) is 7.08. The molecule has 0 fully saturated rings. The molecule has 2 rings (SSSR count). The Bertz CT molecular complexity index is 422. The number of carbonyl (C=O) groups is 1. The van der Waals surface area contributed by atoms with Gasteiger partial charge in [-0.15, -0.1) is 11.8 Å². The van der Waals surface area contributed by atoms with Gasteiger partial charge in [0, 0.05) is 11.7 Å². The Balaban J connectivity index is 2.51. The lowest BCUT2D eigenvalue weighted by atomic mass is 10.2. The summed E-state index contributed by atoms with van der Waals surface area (Å²) in [6.45, 7) is 1.81. The molecule has 1 aliphatic rings. The highest BCUT2D eigenvalue weighted by atomic mass is 32.2. The third kappa shape index (κ3) is 1.97. The van der Waals surface area contributed by atoms with Crippen molar-refractivity contribution in [2.75, 3.05) is 5.32 Å². The molecule has 1 amide bonds. The van der Waals surface area contributed by atoms with Gasteiger partial charge in [-0.25, -0.2) is 8.78 Å². The van der Waals surface area contributed by atoms with Gasteiger partial charge < -0.3 is 5.32 Å². The van der Waals surface area contributed by atoms with Crippen molar-refractivity contribution in [2.45, 2.75) is 23.5 Å². The summed E-state index contributed by atoms with van der Waals surface area (Å²) in [5.74, 6) is -1.93.